The third kappa shape index (κ3) is 1.99. The lowest BCUT2D eigenvalue weighted by Gasteiger charge is -2.64. The van der Waals surface area contributed by atoms with Crippen molar-refractivity contribution in [2.24, 2.45) is 22.7 Å². The quantitative estimate of drug-likeness (QED) is 0.660. The molecule has 28 heavy (non-hydrogen) atoms. The second-order valence-corrected chi connectivity index (χ2v) is 10.3. The van der Waals surface area contributed by atoms with Crippen molar-refractivity contribution in [1.29, 1.82) is 0 Å². The second-order valence-electron chi connectivity index (χ2n) is 10.3. The van der Waals surface area contributed by atoms with E-state index in [0.29, 0.717) is 29.6 Å². The van der Waals surface area contributed by atoms with E-state index < -0.39 is 5.60 Å². The summed E-state index contributed by atoms with van der Waals surface area (Å²) >= 11 is 0. The van der Waals surface area contributed by atoms with Crippen molar-refractivity contribution in [3.8, 4) is 11.5 Å². The minimum Gasteiger partial charge on any atom is -0.508 e. The fourth-order valence-electron chi connectivity index (χ4n) is 7.09. The predicted molar refractivity (Wildman–Crippen MR) is 103 cm³/mol. The smallest absolute Gasteiger partial charge is 0.339 e. The number of hydrogen-bond donors (Lipinski definition) is 2. The maximum atomic E-state index is 12.0. The normalized spacial score (nSPS) is 40.5. The molecule has 0 saturated heterocycles. The van der Waals surface area contributed by atoms with Crippen LogP contribution in [0.15, 0.2) is 6.07 Å². The molecule has 152 valence electrons. The Labute approximate surface area is 166 Å². The SMILES string of the molecule is C[C@@H]1CCC2C(C)(C)[C@H](O)CC[C@]2(C)[C@@]12Cc1c(O)cc3c(c1O2)COC3=O. The van der Waals surface area contributed by atoms with Crippen molar-refractivity contribution < 1.29 is 24.5 Å². The average molecular weight is 386 g/mol. The van der Waals surface area contributed by atoms with Gasteiger partial charge in [-0.25, -0.2) is 4.79 Å². The number of aliphatic hydroxyl groups is 1. The zero-order chi connectivity index (χ0) is 20.1. The van der Waals surface area contributed by atoms with Crippen LogP contribution >= 0.6 is 0 Å². The van der Waals surface area contributed by atoms with Crippen LogP contribution in [-0.2, 0) is 17.8 Å². The molecule has 1 aromatic rings. The monoisotopic (exact) mass is 386 g/mol. The molecule has 2 fully saturated rings. The minimum atomic E-state index is -0.437. The highest BCUT2D eigenvalue weighted by Gasteiger charge is 2.67. The third-order valence-electron chi connectivity index (χ3n) is 8.87. The van der Waals surface area contributed by atoms with Gasteiger partial charge in [0.15, 0.2) is 0 Å². The number of aromatic hydroxyl groups is 1. The number of hydrogen-bond acceptors (Lipinski definition) is 5. The molecule has 1 aromatic carbocycles. The van der Waals surface area contributed by atoms with E-state index in [0.717, 1.165) is 36.8 Å². The number of rotatable bonds is 0. The van der Waals surface area contributed by atoms with Crippen LogP contribution in [0.25, 0.3) is 0 Å². The van der Waals surface area contributed by atoms with Crippen LogP contribution in [0.3, 0.4) is 0 Å². The molecule has 5 atom stereocenters. The number of phenolic OH excluding ortho intramolecular Hbond substituents is 1. The molecule has 1 unspecified atom stereocenters. The zero-order valence-electron chi connectivity index (χ0n) is 17.2. The molecule has 0 radical (unpaired) electrons. The Bertz CT molecular complexity index is 874. The van der Waals surface area contributed by atoms with E-state index in [1.165, 1.54) is 0 Å². The summed E-state index contributed by atoms with van der Waals surface area (Å²) in [7, 11) is 0. The lowest BCUT2D eigenvalue weighted by Crippen LogP contribution is -2.66. The van der Waals surface area contributed by atoms with Crippen molar-refractivity contribution in [2.45, 2.75) is 78.1 Å². The molecule has 5 heteroatoms. The number of aliphatic hydroxyl groups excluding tert-OH is 1. The van der Waals surface area contributed by atoms with E-state index in [4.69, 9.17) is 9.47 Å². The molecule has 2 heterocycles. The van der Waals surface area contributed by atoms with Crippen molar-refractivity contribution in [3.05, 3.63) is 22.8 Å². The van der Waals surface area contributed by atoms with Crippen LogP contribution in [0.5, 0.6) is 11.5 Å². The maximum absolute atomic E-state index is 12.0. The number of esters is 1. The molecule has 2 N–H and O–H groups in total. The standard InChI is InChI=1S/C23H30O5/c1-12-5-6-17-21(2,3)18(25)7-8-22(17,4)23(12)10-14-16(24)9-13-15(19(14)28-23)11-27-20(13)26/h9,12,17-18,24-25H,5-8,10-11H2,1-4H3/t12-,17?,18-,22+,23-/m1/s1. The lowest BCUT2D eigenvalue weighted by atomic mass is 9.43. The number of ether oxygens (including phenoxy) is 2. The number of phenols is 1. The highest BCUT2D eigenvalue weighted by Crippen LogP contribution is 2.67. The fraction of sp³-hybridized carbons (Fsp3) is 0.696. The molecule has 0 aromatic heterocycles. The van der Waals surface area contributed by atoms with Gasteiger partial charge in [0, 0.05) is 23.0 Å². The van der Waals surface area contributed by atoms with Crippen LogP contribution in [0.2, 0.25) is 0 Å². The van der Waals surface area contributed by atoms with Crippen LogP contribution in [0.1, 0.15) is 74.9 Å². The Morgan fingerprint density at radius 1 is 1.14 bits per heavy atom. The molecular formula is C23H30O5. The van der Waals surface area contributed by atoms with E-state index >= 15 is 0 Å². The van der Waals surface area contributed by atoms with E-state index in [1.807, 2.05) is 0 Å². The van der Waals surface area contributed by atoms with Crippen molar-refractivity contribution >= 4 is 5.97 Å². The van der Waals surface area contributed by atoms with Gasteiger partial charge in [-0.1, -0.05) is 27.7 Å². The largest absolute Gasteiger partial charge is 0.508 e. The average Bonchev–Trinajstić information content (AvgIpc) is 3.20. The third-order valence-corrected chi connectivity index (χ3v) is 8.87. The summed E-state index contributed by atoms with van der Waals surface area (Å²) in [6.45, 7) is 9.17. The summed E-state index contributed by atoms with van der Waals surface area (Å²) < 4.78 is 12.1. The van der Waals surface area contributed by atoms with Gasteiger partial charge in [0.05, 0.1) is 11.7 Å². The Morgan fingerprint density at radius 3 is 2.64 bits per heavy atom. The molecule has 2 aliphatic heterocycles. The van der Waals surface area contributed by atoms with Crippen LogP contribution in [0.4, 0.5) is 0 Å². The Morgan fingerprint density at radius 2 is 1.89 bits per heavy atom. The summed E-state index contributed by atoms with van der Waals surface area (Å²) in [6, 6.07) is 1.55. The van der Waals surface area contributed by atoms with Crippen molar-refractivity contribution in [3.63, 3.8) is 0 Å². The number of cyclic esters (lactones) is 1. The highest BCUT2D eigenvalue weighted by molar-refractivity contribution is 5.95. The van der Waals surface area contributed by atoms with Gasteiger partial charge in [-0.15, -0.1) is 0 Å². The van der Waals surface area contributed by atoms with E-state index in [2.05, 4.69) is 27.7 Å². The lowest BCUT2D eigenvalue weighted by molar-refractivity contribution is -0.210. The molecule has 5 rings (SSSR count). The Balaban J connectivity index is 1.65. The van der Waals surface area contributed by atoms with Gasteiger partial charge in [-0.05, 0) is 49.0 Å². The van der Waals surface area contributed by atoms with Gasteiger partial charge in [-0.2, -0.15) is 0 Å². The zero-order valence-corrected chi connectivity index (χ0v) is 17.2. The summed E-state index contributed by atoms with van der Waals surface area (Å²) in [4.78, 5) is 12.0. The fourth-order valence-corrected chi connectivity index (χ4v) is 7.09. The topological polar surface area (TPSA) is 76.0 Å². The predicted octanol–water partition coefficient (Wildman–Crippen LogP) is 3.97. The Kier molecular flexibility index (Phi) is 3.55. The molecular weight excluding hydrogens is 356 g/mol. The summed E-state index contributed by atoms with van der Waals surface area (Å²) in [6.07, 6.45) is 4.12. The van der Waals surface area contributed by atoms with E-state index in [-0.39, 0.29) is 35.3 Å². The van der Waals surface area contributed by atoms with E-state index in [1.54, 1.807) is 6.07 Å². The first-order chi connectivity index (χ1) is 13.1. The maximum Gasteiger partial charge on any atom is 0.339 e. The summed E-state index contributed by atoms with van der Waals surface area (Å²) in [5.74, 6) is 1.07. The molecule has 4 aliphatic rings. The van der Waals surface area contributed by atoms with Crippen LogP contribution in [-0.4, -0.2) is 27.9 Å². The summed E-state index contributed by atoms with van der Waals surface area (Å²) in [5, 5.41) is 21.4. The number of fused-ring (bicyclic) bond motifs is 5. The number of carbonyl (C=O) groups is 1. The molecule has 0 amide bonds. The first-order valence-electron chi connectivity index (χ1n) is 10.5. The van der Waals surface area contributed by atoms with Gasteiger partial charge < -0.3 is 19.7 Å². The van der Waals surface area contributed by atoms with Gasteiger partial charge in [0.25, 0.3) is 0 Å². The highest BCUT2D eigenvalue weighted by atomic mass is 16.5. The Hall–Kier alpha value is -1.75. The van der Waals surface area contributed by atoms with Gasteiger partial charge in [-0.3, -0.25) is 0 Å². The molecule has 0 bridgehead atoms. The molecule has 5 nitrogen and oxygen atoms in total. The minimum absolute atomic E-state index is 0.116. The molecule has 2 aliphatic carbocycles. The first kappa shape index (κ1) is 18.3. The van der Waals surface area contributed by atoms with Gasteiger partial charge >= 0.3 is 5.97 Å². The van der Waals surface area contributed by atoms with Crippen molar-refractivity contribution in [2.75, 3.05) is 0 Å². The van der Waals surface area contributed by atoms with Gasteiger partial charge in [0.2, 0.25) is 0 Å². The van der Waals surface area contributed by atoms with Crippen LogP contribution in [0, 0.1) is 22.7 Å². The van der Waals surface area contributed by atoms with Crippen LogP contribution < -0.4 is 4.74 Å². The molecule has 1 spiro atoms. The number of carbonyl (C=O) groups excluding carboxylic acids is 1. The second kappa shape index (κ2) is 5.44. The van der Waals surface area contributed by atoms with Crippen molar-refractivity contribution in [1.82, 2.24) is 0 Å². The number of benzene rings is 1. The van der Waals surface area contributed by atoms with Gasteiger partial charge in [0.1, 0.15) is 23.7 Å². The summed E-state index contributed by atoms with van der Waals surface area (Å²) in [5.41, 5.74) is 1.29. The first-order valence-corrected chi connectivity index (χ1v) is 10.5. The van der Waals surface area contributed by atoms with E-state index in [9.17, 15) is 15.0 Å². The molecule has 2 saturated carbocycles.